The van der Waals surface area contributed by atoms with Crippen molar-refractivity contribution < 1.29 is 0 Å². The third-order valence-corrected chi connectivity index (χ3v) is 5.56. The number of fused-ring (bicyclic) bond motifs is 1. The van der Waals surface area contributed by atoms with E-state index < -0.39 is 0 Å². The molecule has 2 saturated carbocycles. The highest BCUT2D eigenvalue weighted by Gasteiger charge is 2.44. The molecule has 0 saturated heterocycles. The summed E-state index contributed by atoms with van der Waals surface area (Å²) in [5.41, 5.74) is 9.59. The monoisotopic (exact) mass is 270 g/mol. The molecule has 2 heteroatoms. The van der Waals surface area contributed by atoms with E-state index in [1.807, 2.05) is 0 Å². The Morgan fingerprint density at radius 3 is 1.85 bits per heavy atom. The second kappa shape index (κ2) is 4.85. The van der Waals surface area contributed by atoms with Gasteiger partial charge in [-0.2, -0.15) is 0 Å². The van der Waals surface area contributed by atoms with Crippen LogP contribution in [-0.4, -0.2) is 30.1 Å². The number of hydrogen-bond acceptors (Lipinski definition) is 2. The summed E-state index contributed by atoms with van der Waals surface area (Å²) in [6.45, 7) is 3.39. The fourth-order valence-electron chi connectivity index (χ4n) is 3.86. The molecule has 3 aliphatic rings. The van der Waals surface area contributed by atoms with Gasteiger partial charge in [-0.05, 0) is 61.5 Å². The second-order valence-electron chi connectivity index (χ2n) is 7.34. The summed E-state index contributed by atoms with van der Waals surface area (Å²) in [5, 5.41) is 0. The summed E-state index contributed by atoms with van der Waals surface area (Å²) in [5.74, 6) is 1.92. The van der Waals surface area contributed by atoms with E-state index in [2.05, 4.69) is 29.2 Å². The predicted molar refractivity (Wildman–Crippen MR) is 82.7 cm³/mol. The van der Waals surface area contributed by atoms with Crippen LogP contribution in [0.25, 0.3) is 0 Å². The first-order valence-electron chi connectivity index (χ1n) is 8.31. The maximum atomic E-state index is 6.30. The van der Waals surface area contributed by atoms with E-state index in [1.165, 1.54) is 62.7 Å². The number of hydrogen-bond donors (Lipinski definition) is 1. The topological polar surface area (TPSA) is 29.3 Å². The Kier molecular flexibility index (Phi) is 3.12. The lowest BCUT2D eigenvalue weighted by Gasteiger charge is -2.41. The molecule has 0 bridgehead atoms. The van der Waals surface area contributed by atoms with E-state index in [1.54, 1.807) is 0 Å². The van der Waals surface area contributed by atoms with Crippen LogP contribution >= 0.6 is 0 Å². The number of rotatable bonds is 6. The van der Waals surface area contributed by atoms with Crippen molar-refractivity contribution in [2.75, 3.05) is 19.6 Å². The van der Waals surface area contributed by atoms with Crippen molar-refractivity contribution in [2.45, 2.75) is 44.1 Å². The van der Waals surface area contributed by atoms with Gasteiger partial charge >= 0.3 is 0 Å². The molecule has 0 aromatic heterocycles. The maximum Gasteiger partial charge on any atom is 0.0412 e. The molecule has 0 spiro atoms. The predicted octanol–water partition coefficient (Wildman–Crippen LogP) is 2.60. The highest BCUT2D eigenvalue weighted by molar-refractivity contribution is 5.36. The molecule has 2 nitrogen and oxygen atoms in total. The summed E-state index contributed by atoms with van der Waals surface area (Å²) in [7, 11) is 0. The quantitative estimate of drug-likeness (QED) is 0.861. The molecule has 0 amide bonds. The second-order valence-corrected chi connectivity index (χ2v) is 7.34. The lowest BCUT2D eigenvalue weighted by Crippen LogP contribution is -2.56. The van der Waals surface area contributed by atoms with Crippen molar-refractivity contribution in [2.24, 2.45) is 17.6 Å². The van der Waals surface area contributed by atoms with Gasteiger partial charge in [0.25, 0.3) is 0 Å². The maximum absolute atomic E-state index is 6.30. The van der Waals surface area contributed by atoms with Gasteiger partial charge in [-0.3, -0.25) is 4.90 Å². The van der Waals surface area contributed by atoms with Crippen LogP contribution in [0.2, 0.25) is 0 Å². The van der Waals surface area contributed by atoms with E-state index in [0.29, 0.717) is 0 Å². The van der Waals surface area contributed by atoms with E-state index in [4.69, 9.17) is 5.73 Å². The Balaban J connectivity index is 1.58. The summed E-state index contributed by atoms with van der Waals surface area (Å²) in [6, 6.07) is 8.97. The molecule has 2 N–H and O–H groups in total. The average molecular weight is 270 g/mol. The first-order valence-corrected chi connectivity index (χ1v) is 8.31. The molecule has 0 heterocycles. The summed E-state index contributed by atoms with van der Waals surface area (Å²) >= 11 is 0. The van der Waals surface area contributed by atoms with Crippen molar-refractivity contribution in [3.8, 4) is 0 Å². The van der Waals surface area contributed by atoms with Crippen LogP contribution in [-0.2, 0) is 12.8 Å². The fraction of sp³-hybridized carbons (Fsp3) is 0.667. The Bertz CT molecular complexity index is 449. The lowest BCUT2D eigenvalue weighted by atomic mass is 9.92. The molecule has 0 unspecified atom stereocenters. The van der Waals surface area contributed by atoms with E-state index in [9.17, 15) is 0 Å². The van der Waals surface area contributed by atoms with Crippen molar-refractivity contribution >= 4 is 0 Å². The lowest BCUT2D eigenvalue weighted by molar-refractivity contribution is 0.0905. The molecule has 4 rings (SSSR count). The first-order chi connectivity index (χ1) is 9.79. The highest BCUT2D eigenvalue weighted by Crippen LogP contribution is 2.41. The molecule has 0 aliphatic heterocycles. The largest absolute Gasteiger partial charge is 0.329 e. The van der Waals surface area contributed by atoms with Gasteiger partial charge in [0.05, 0.1) is 0 Å². The molecular weight excluding hydrogens is 244 g/mol. The number of nitrogens with two attached hydrogens (primary N) is 1. The fourth-order valence-corrected chi connectivity index (χ4v) is 3.86. The van der Waals surface area contributed by atoms with Gasteiger partial charge in [0.15, 0.2) is 0 Å². The first kappa shape index (κ1) is 12.8. The average Bonchev–Trinajstić information content (AvgIpc) is 3.38. The molecule has 1 aromatic carbocycles. The highest BCUT2D eigenvalue weighted by atomic mass is 15.2. The van der Waals surface area contributed by atoms with Gasteiger partial charge in [0.1, 0.15) is 0 Å². The van der Waals surface area contributed by atoms with E-state index in [-0.39, 0.29) is 5.54 Å². The third kappa shape index (κ3) is 2.40. The molecule has 2 fully saturated rings. The Morgan fingerprint density at radius 2 is 1.45 bits per heavy atom. The standard InChI is InChI=1S/C18H26N2/c19-13-18(9-16-3-1-2-4-17(16)10-18)20(11-14-5-6-14)12-15-7-8-15/h1-4,14-15H,5-13,19H2. The van der Waals surface area contributed by atoms with Gasteiger partial charge in [0, 0.05) is 25.2 Å². The number of benzene rings is 1. The van der Waals surface area contributed by atoms with Crippen molar-refractivity contribution in [1.29, 1.82) is 0 Å². The van der Waals surface area contributed by atoms with Gasteiger partial charge < -0.3 is 5.73 Å². The van der Waals surface area contributed by atoms with Crippen LogP contribution in [0.5, 0.6) is 0 Å². The molecule has 20 heavy (non-hydrogen) atoms. The van der Waals surface area contributed by atoms with Crippen LogP contribution in [0.4, 0.5) is 0 Å². The molecular formula is C18H26N2. The zero-order valence-corrected chi connectivity index (χ0v) is 12.4. The van der Waals surface area contributed by atoms with E-state index >= 15 is 0 Å². The third-order valence-electron chi connectivity index (χ3n) is 5.56. The Morgan fingerprint density at radius 1 is 0.950 bits per heavy atom. The normalized spacial score (nSPS) is 24.1. The Labute approximate surface area is 122 Å². The molecule has 0 atom stereocenters. The molecule has 3 aliphatic carbocycles. The van der Waals surface area contributed by atoms with E-state index in [0.717, 1.165) is 18.4 Å². The molecule has 108 valence electrons. The molecule has 0 radical (unpaired) electrons. The Hall–Kier alpha value is -0.860. The molecule has 1 aromatic rings. The van der Waals surface area contributed by atoms with Crippen molar-refractivity contribution in [3.63, 3.8) is 0 Å². The van der Waals surface area contributed by atoms with Crippen LogP contribution in [0.3, 0.4) is 0 Å². The zero-order chi connectivity index (χ0) is 13.6. The number of nitrogens with zero attached hydrogens (tertiary/aromatic N) is 1. The summed E-state index contributed by atoms with van der Waals surface area (Å²) < 4.78 is 0. The zero-order valence-electron chi connectivity index (χ0n) is 12.4. The van der Waals surface area contributed by atoms with Crippen LogP contribution < -0.4 is 5.73 Å². The minimum absolute atomic E-state index is 0.217. The summed E-state index contributed by atoms with van der Waals surface area (Å²) in [4.78, 5) is 2.79. The van der Waals surface area contributed by atoms with Crippen LogP contribution in [0.15, 0.2) is 24.3 Å². The smallest absolute Gasteiger partial charge is 0.0412 e. The minimum atomic E-state index is 0.217. The summed E-state index contributed by atoms with van der Waals surface area (Å²) in [6.07, 6.45) is 8.09. The van der Waals surface area contributed by atoms with Gasteiger partial charge in [-0.1, -0.05) is 24.3 Å². The van der Waals surface area contributed by atoms with Crippen LogP contribution in [0, 0.1) is 11.8 Å². The van der Waals surface area contributed by atoms with Crippen LogP contribution in [0.1, 0.15) is 36.8 Å². The SMILES string of the molecule is NCC1(N(CC2CC2)CC2CC2)Cc2ccccc2C1. The van der Waals surface area contributed by atoms with Crippen molar-refractivity contribution in [1.82, 2.24) is 4.90 Å². The van der Waals surface area contributed by atoms with Gasteiger partial charge in [0.2, 0.25) is 0 Å². The van der Waals surface area contributed by atoms with Gasteiger partial charge in [-0.25, -0.2) is 0 Å². The minimum Gasteiger partial charge on any atom is -0.329 e. The van der Waals surface area contributed by atoms with Gasteiger partial charge in [-0.15, -0.1) is 0 Å². The van der Waals surface area contributed by atoms with Crippen molar-refractivity contribution in [3.05, 3.63) is 35.4 Å².